The van der Waals surface area contributed by atoms with Gasteiger partial charge in [0, 0.05) is 45.8 Å². The number of rotatable bonds is 9. The summed E-state index contributed by atoms with van der Waals surface area (Å²) in [5, 5.41) is 12.3. The highest BCUT2D eigenvalue weighted by Gasteiger charge is 2.24. The van der Waals surface area contributed by atoms with Crippen LogP contribution in [0.5, 0.6) is 11.5 Å². The zero-order chi connectivity index (χ0) is 22.8. The molecule has 178 valence electrons. The van der Waals surface area contributed by atoms with Gasteiger partial charge >= 0.3 is 0 Å². The summed E-state index contributed by atoms with van der Waals surface area (Å²) >= 11 is 0. The maximum Gasteiger partial charge on any atom is 0.236 e. The van der Waals surface area contributed by atoms with E-state index in [4.69, 9.17) is 19.6 Å². The van der Waals surface area contributed by atoms with Crippen LogP contribution in [0.1, 0.15) is 25.3 Å². The molecule has 2 heterocycles. The molecule has 2 saturated heterocycles. The highest BCUT2D eigenvalue weighted by atomic mass is 16.5. The Kier molecular flexibility index (Phi) is 9.43. The Morgan fingerprint density at radius 1 is 1.09 bits per heavy atom. The van der Waals surface area contributed by atoms with Crippen LogP contribution in [0.3, 0.4) is 0 Å². The normalized spacial score (nSPS) is 17.5. The summed E-state index contributed by atoms with van der Waals surface area (Å²) in [5.41, 5.74) is 1.02. The molecule has 1 aromatic carbocycles. The van der Waals surface area contributed by atoms with E-state index in [-0.39, 0.29) is 19.1 Å². The lowest BCUT2D eigenvalue weighted by Crippen LogP contribution is -2.54. The minimum absolute atomic E-state index is 0.0407. The summed E-state index contributed by atoms with van der Waals surface area (Å²) in [7, 11) is 1.60. The maximum absolute atomic E-state index is 12.4. The number of hydrogen-bond donors (Lipinski definition) is 2. The summed E-state index contributed by atoms with van der Waals surface area (Å²) < 4.78 is 10.9. The molecule has 0 bridgehead atoms. The number of methoxy groups -OCH3 is 1. The number of amides is 1. The smallest absolute Gasteiger partial charge is 0.236 e. The monoisotopic (exact) mass is 447 g/mol. The van der Waals surface area contributed by atoms with Crippen molar-refractivity contribution in [3.63, 3.8) is 0 Å². The van der Waals surface area contributed by atoms with Crippen LogP contribution in [0.25, 0.3) is 0 Å². The average molecular weight is 448 g/mol. The van der Waals surface area contributed by atoms with Gasteiger partial charge in [0.2, 0.25) is 5.91 Å². The van der Waals surface area contributed by atoms with Gasteiger partial charge in [-0.15, -0.1) is 0 Å². The molecule has 0 unspecified atom stereocenters. The topological polar surface area (TPSA) is 89.9 Å². The van der Waals surface area contributed by atoms with E-state index in [1.807, 2.05) is 23.1 Å². The fourth-order valence-corrected chi connectivity index (χ4v) is 4.05. The number of guanidine groups is 1. The van der Waals surface area contributed by atoms with Gasteiger partial charge in [-0.3, -0.25) is 9.69 Å². The molecule has 0 aliphatic carbocycles. The van der Waals surface area contributed by atoms with E-state index >= 15 is 0 Å². The summed E-state index contributed by atoms with van der Waals surface area (Å²) in [6.45, 7) is 9.31. The first kappa shape index (κ1) is 24.1. The van der Waals surface area contributed by atoms with Gasteiger partial charge < -0.3 is 29.7 Å². The van der Waals surface area contributed by atoms with E-state index in [2.05, 4.69) is 22.0 Å². The number of carbonyl (C=O) groups is 1. The Bertz CT molecular complexity index is 759. The van der Waals surface area contributed by atoms with Crippen LogP contribution in [-0.4, -0.2) is 104 Å². The van der Waals surface area contributed by atoms with Crippen LogP contribution in [0, 0.1) is 0 Å². The van der Waals surface area contributed by atoms with Crippen LogP contribution in [0.2, 0.25) is 0 Å². The lowest BCUT2D eigenvalue weighted by Gasteiger charge is -2.36. The van der Waals surface area contributed by atoms with Gasteiger partial charge in [-0.05, 0) is 37.5 Å². The second-order valence-electron chi connectivity index (χ2n) is 8.08. The third-order valence-corrected chi connectivity index (χ3v) is 5.81. The van der Waals surface area contributed by atoms with Crippen molar-refractivity contribution in [1.82, 2.24) is 20.0 Å². The molecule has 2 N–H and O–H groups in total. The summed E-state index contributed by atoms with van der Waals surface area (Å²) in [5.74, 6) is 2.39. The van der Waals surface area contributed by atoms with Gasteiger partial charge in [0.1, 0.15) is 6.61 Å². The first-order chi connectivity index (χ1) is 15.6. The largest absolute Gasteiger partial charge is 0.493 e. The molecule has 9 heteroatoms. The molecule has 2 fully saturated rings. The second-order valence-corrected chi connectivity index (χ2v) is 8.08. The van der Waals surface area contributed by atoms with Gasteiger partial charge in [0.05, 0.1) is 26.8 Å². The Labute approximate surface area is 191 Å². The summed E-state index contributed by atoms with van der Waals surface area (Å²) in [6.07, 6.45) is 2.26. The zero-order valence-electron chi connectivity index (χ0n) is 19.4. The van der Waals surface area contributed by atoms with Crippen LogP contribution in [0.4, 0.5) is 0 Å². The van der Waals surface area contributed by atoms with Crippen molar-refractivity contribution >= 4 is 11.9 Å². The van der Waals surface area contributed by atoms with Crippen molar-refractivity contribution in [2.24, 2.45) is 4.99 Å². The highest BCUT2D eigenvalue weighted by molar-refractivity contribution is 5.80. The third kappa shape index (κ3) is 6.74. The Hall–Kier alpha value is -2.52. The Morgan fingerprint density at radius 3 is 2.50 bits per heavy atom. The second kappa shape index (κ2) is 12.5. The molecule has 0 aromatic heterocycles. The number of aliphatic hydroxyl groups is 1. The number of benzene rings is 1. The molecule has 1 amide bonds. The minimum Gasteiger partial charge on any atom is -0.493 e. The first-order valence-electron chi connectivity index (χ1n) is 11.6. The Morgan fingerprint density at radius 2 is 1.84 bits per heavy atom. The van der Waals surface area contributed by atoms with Gasteiger partial charge in [0.15, 0.2) is 17.5 Å². The van der Waals surface area contributed by atoms with Gasteiger partial charge in [-0.2, -0.15) is 0 Å². The maximum atomic E-state index is 12.4. The van der Waals surface area contributed by atoms with Crippen molar-refractivity contribution in [3.8, 4) is 11.5 Å². The molecule has 0 atom stereocenters. The number of nitrogens with zero attached hydrogens (tertiary/aromatic N) is 4. The predicted molar refractivity (Wildman–Crippen MR) is 124 cm³/mol. The number of hydrogen-bond acceptors (Lipinski definition) is 6. The minimum atomic E-state index is -0.0407. The number of carbonyl (C=O) groups excluding carboxylic acids is 1. The number of ether oxygens (including phenoxy) is 2. The molecule has 3 rings (SSSR count). The number of aliphatic hydroxyl groups excluding tert-OH is 1. The fourth-order valence-electron chi connectivity index (χ4n) is 4.05. The number of likely N-dealkylation sites (tertiary alicyclic amines) is 1. The Balaban J connectivity index is 1.55. The molecule has 0 spiro atoms. The van der Waals surface area contributed by atoms with Gasteiger partial charge in [0.25, 0.3) is 0 Å². The zero-order valence-corrected chi connectivity index (χ0v) is 19.4. The lowest BCUT2D eigenvalue weighted by molar-refractivity contribution is -0.131. The standard InChI is InChI=1S/C23H37N5O4/c1-3-24-23(25-17-19-6-7-20(32-15-14-29)21(16-19)31-2)28-12-10-26(11-13-28)18-22(30)27-8-4-5-9-27/h6-7,16,29H,3-5,8-15,17-18H2,1-2H3,(H,24,25). The third-order valence-electron chi connectivity index (χ3n) is 5.81. The average Bonchev–Trinajstić information content (AvgIpc) is 3.36. The van der Waals surface area contributed by atoms with Crippen molar-refractivity contribution in [2.75, 3.05) is 72.7 Å². The highest BCUT2D eigenvalue weighted by Crippen LogP contribution is 2.28. The van der Waals surface area contributed by atoms with E-state index in [1.165, 1.54) is 0 Å². The number of nitrogens with one attached hydrogen (secondary N) is 1. The van der Waals surface area contributed by atoms with Crippen LogP contribution in [-0.2, 0) is 11.3 Å². The molecular formula is C23H37N5O4. The van der Waals surface area contributed by atoms with E-state index < -0.39 is 0 Å². The molecular weight excluding hydrogens is 410 g/mol. The molecule has 2 aliphatic rings. The van der Waals surface area contributed by atoms with E-state index in [1.54, 1.807) is 7.11 Å². The fraction of sp³-hybridized carbons (Fsp3) is 0.652. The molecule has 9 nitrogen and oxygen atoms in total. The number of aliphatic imine (C=N–C) groups is 1. The first-order valence-corrected chi connectivity index (χ1v) is 11.6. The van der Waals surface area contributed by atoms with Crippen LogP contribution < -0.4 is 14.8 Å². The van der Waals surface area contributed by atoms with E-state index in [0.717, 1.165) is 70.2 Å². The molecule has 1 aromatic rings. The summed E-state index contributed by atoms with van der Waals surface area (Å²) in [4.78, 5) is 23.8. The van der Waals surface area contributed by atoms with Crippen molar-refractivity contribution in [3.05, 3.63) is 23.8 Å². The molecule has 0 saturated carbocycles. The molecule has 0 radical (unpaired) electrons. The summed E-state index contributed by atoms with van der Waals surface area (Å²) in [6, 6.07) is 5.73. The number of piperazine rings is 1. The van der Waals surface area contributed by atoms with Crippen LogP contribution in [0.15, 0.2) is 23.2 Å². The SMILES string of the molecule is CCNC(=NCc1ccc(OCCO)c(OC)c1)N1CCN(CC(=O)N2CCCC2)CC1. The predicted octanol–water partition coefficient (Wildman–Crippen LogP) is 0.772. The van der Waals surface area contributed by atoms with Crippen molar-refractivity contribution in [2.45, 2.75) is 26.3 Å². The van der Waals surface area contributed by atoms with E-state index in [9.17, 15) is 4.79 Å². The van der Waals surface area contributed by atoms with Crippen LogP contribution >= 0.6 is 0 Å². The van der Waals surface area contributed by atoms with Crippen molar-refractivity contribution in [1.29, 1.82) is 0 Å². The molecule has 2 aliphatic heterocycles. The van der Waals surface area contributed by atoms with Gasteiger partial charge in [-0.25, -0.2) is 4.99 Å². The lowest BCUT2D eigenvalue weighted by atomic mass is 10.2. The van der Waals surface area contributed by atoms with E-state index in [0.29, 0.717) is 24.6 Å². The molecule has 32 heavy (non-hydrogen) atoms. The van der Waals surface area contributed by atoms with Gasteiger partial charge in [-0.1, -0.05) is 6.07 Å². The van der Waals surface area contributed by atoms with Crippen molar-refractivity contribution < 1.29 is 19.4 Å². The quantitative estimate of drug-likeness (QED) is 0.427.